The average molecular weight is 216 g/mol. The van der Waals surface area contributed by atoms with Gasteiger partial charge in [-0.25, -0.2) is 0 Å². The molecule has 0 aromatic heterocycles. The lowest BCUT2D eigenvalue weighted by molar-refractivity contribution is 0.477. The molecule has 0 bridgehead atoms. The molecule has 0 atom stereocenters. The van der Waals surface area contributed by atoms with Crippen LogP contribution in [0.25, 0.3) is 11.1 Å². The second-order valence-electron chi connectivity index (χ2n) is 3.25. The minimum atomic E-state index is 0.328. The van der Waals surface area contributed by atoms with Gasteiger partial charge < -0.3 is 5.11 Å². The maximum Gasteiger partial charge on any atom is 0.123 e. The predicted molar refractivity (Wildman–Crippen MR) is 65.3 cm³/mol. The standard InChI is InChI=1S/C13H12OS/c1-15-11-8-6-10(7-9-11)12-4-2-3-5-13(12)14/h2-9,14H,1H3. The van der Waals surface area contributed by atoms with Crippen LogP contribution in [0.2, 0.25) is 0 Å². The zero-order valence-electron chi connectivity index (χ0n) is 8.47. The molecular weight excluding hydrogens is 204 g/mol. The number of phenols is 1. The average Bonchev–Trinajstić information content (AvgIpc) is 2.30. The first-order valence-corrected chi connectivity index (χ1v) is 5.96. The summed E-state index contributed by atoms with van der Waals surface area (Å²) in [5.41, 5.74) is 1.93. The van der Waals surface area contributed by atoms with E-state index in [-0.39, 0.29) is 0 Å². The van der Waals surface area contributed by atoms with Crippen LogP contribution >= 0.6 is 11.8 Å². The number of hydrogen-bond donors (Lipinski definition) is 1. The molecule has 0 amide bonds. The molecule has 0 fully saturated rings. The van der Waals surface area contributed by atoms with Gasteiger partial charge in [0.25, 0.3) is 0 Å². The minimum absolute atomic E-state index is 0.328. The van der Waals surface area contributed by atoms with Crippen LogP contribution < -0.4 is 0 Å². The molecule has 1 nitrogen and oxygen atoms in total. The fourth-order valence-electron chi connectivity index (χ4n) is 1.49. The molecule has 0 spiro atoms. The number of para-hydroxylation sites is 1. The Morgan fingerprint density at radius 2 is 1.60 bits per heavy atom. The van der Waals surface area contributed by atoms with E-state index in [0.717, 1.165) is 11.1 Å². The number of thioether (sulfide) groups is 1. The molecule has 1 N–H and O–H groups in total. The number of phenolic OH excluding ortho intramolecular Hbond substituents is 1. The molecule has 0 radical (unpaired) electrons. The molecule has 15 heavy (non-hydrogen) atoms. The van der Waals surface area contributed by atoms with Crippen molar-refractivity contribution in [2.45, 2.75) is 4.90 Å². The molecule has 0 aliphatic rings. The first-order chi connectivity index (χ1) is 7.31. The van der Waals surface area contributed by atoms with E-state index >= 15 is 0 Å². The summed E-state index contributed by atoms with van der Waals surface area (Å²) >= 11 is 1.71. The Kier molecular flexibility index (Phi) is 2.97. The van der Waals surface area contributed by atoms with E-state index in [0.29, 0.717) is 5.75 Å². The molecule has 2 aromatic rings. The summed E-state index contributed by atoms with van der Waals surface area (Å²) in [5.74, 6) is 0.328. The van der Waals surface area contributed by atoms with Gasteiger partial charge in [0.15, 0.2) is 0 Å². The van der Waals surface area contributed by atoms with Crippen molar-refractivity contribution in [3.63, 3.8) is 0 Å². The summed E-state index contributed by atoms with van der Waals surface area (Å²) < 4.78 is 0. The van der Waals surface area contributed by atoms with Crippen LogP contribution in [0.3, 0.4) is 0 Å². The highest BCUT2D eigenvalue weighted by molar-refractivity contribution is 7.98. The van der Waals surface area contributed by atoms with Gasteiger partial charge in [0.2, 0.25) is 0 Å². The maximum atomic E-state index is 9.69. The van der Waals surface area contributed by atoms with Crippen molar-refractivity contribution >= 4 is 11.8 Å². The van der Waals surface area contributed by atoms with Crippen LogP contribution in [-0.4, -0.2) is 11.4 Å². The summed E-state index contributed by atoms with van der Waals surface area (Å²) in [7, 11) is 0. The molecule has 0 aliphatic carbocycles. The lowest BCUT2D eigenvalue weighted by Crippen LogP contribution is -1.78. The quantitative estimate of drug-likeness (QED) is 0.771. The molecule has 0 heterocycles. The zero-order chi connectivity index (χ0) is 10.7. The predicted octanol–water partition coefficient (Wildman–Crippen LogP) is 3.78. The molecule has 0 unspecified atom stereocenters. The molecule has 0 saturated heterocycles. The maximum absolute atomic E-state index is 9.69. The van der Waals surface area contributed by atoms with Crippen LogP contribution in [0.1, 0.15) is 0 Å². The van der Waals surface area contributed by atoms with Crippen molar-refractivity contribution in [1.82, 2.24) is 0 Å². The molecule has 2 heteroatoms. The van der Waals surface area contributed by atoms with E-state index in [1.165, 1.54) is 4.90 Å². The Morgan fingerprint density at radius 3 is 2.20 bits per heavy atom. The Balaban J connectivity index is 2.42. The molecule has 2 rings (SSSR count). The smallest absolute Gasteiger partial charge is 0.123 e. The van der Waals surface area contributed by atoms with Gasteiger partial charge in [0.05, 0.1) is 0 Å². The van der Waals surface area contributed by atoms with Gasteiger partial charge in [-0.3, -0.25) is 0 Å². The van der Waals surface area contributed by atoms with E-state index < -0.39 is 0 Å². The van der Waals surface area contributed by atoms with Gasteiger partial charge in [0.1, 0.15) is 5.75 Å². The van der Waals surface area contributed by atoms with E-state index in [2.05, 4.69) is 18.4 Å². The third-order valence-electron chi connectivity index (χ3n) is 2.31. The fraction of sp³-hybridized carbons (Fsp3) is 0.0769. The van der Waals surface area contributed by atoms with Gasteiger partial charge in [0, 0.05) is 10.5 Å². The van der Waals surface area contributed by atoms with Crippen molar-refractivity contribution in [3.8, 4) is 16.9 Å². The normalized spacial score (nSPS) is 10.2. The summed E-state index contributed by atoms with van der Waals surface area (Å²) in [6, 6.07) is 15.6. The third-order valence-corrected chi connectivity index (χ3v) is 3.05. The number of benzene rings is 2. The second-order valence-corrected chi connectivity index (χ2v) is 4.13. The van der Waals surface area contributed by atoms with Crippen LogP contribution in [0.5, 0.6) is 5.75 Å². The highest BCUT2D eigenvalue weighted by Gasteiger charge is 2.02. The number of hydrogen-bond acceptors (Lipinski definition) is 2. The van der Waals surface area contributed by atoms with Crippen LogP contribution in [0, 0.1) is 0 Å². The van der Waals surface area contributed by atoms with Crippen molar-refractivity contribution in [1.29, 1.82) is 0 Å². The first kappa shape index (κ1) is 10.1. The largest absolute Gasteiger partial charge is 0.507 e. The molecule has 76 valence electrons. The summed E-state index contributed by atoms with van der Waals surface area (Å²) in [6.07, 6.45) is 2.05. The van der Waals surface area contributed by atoms with Gasteiger partial charge in [-0.1, -0.05) is 30.3 Å². The monoisotopic (exact) mass is 216 g/mol. The van der Waals surface area contributed by atoms with Gasteiger partial charge in [-0.05, 0) is 30.0 Å². The number of aromatic hydroxyl groups is 1. The van der Waals surface area contributed by atoms with Crippen LogP contribution in [0.4, 0.5) is 0 Å². The highest BCUT2D eigenvalue weighted by atomic mass is 32.2. The van der Waals surface area contributed by atoms with E-state index in [4.69, 9.17) is 0 Å². The fourth-order valence-corrected chi connectivity index (χ4v) is 1.90. The van der Waals surface area contributed by atoms with Gasteiger partial charge in [-0.15, -0.1) is 11.8 Å². The van der Waals surface area contributed by atoms with Gasteiger partial charge >= 0.3 is 0 Å². The van der Waals surface area contributed by atoms with Crippen molar-refractivity contribution in [3.05, 3.63) is 48.5 Å². The zero-order valence-corrected chi connectivity index (χ0v) is 9.29. The van der Waals surface area contributed by atoms with Crippen molar-refractivity contribution in [2.75, 3.05) is 6.26 Å². The third kappa shape index (κ3) is 2.16. The van der Waals surface area contributed by atoms with E-state index in [1.54, 1.807) is 17.8 Å². The van der Waals surface area contributed by atoms with E-state index in [9.17, 15) is 5.11 Å². The summed E-state index contributed by atoms with van der Waals surface area (Å²) in [6.45, 7) is 0. The van der Waals surface area contributed by atoms with Crippen LogP contribution in [-0.2, 0) is 0 Å². The highest BCUT2D eigenvalue weighted by Crippen LogP contribution is 2.29. The first-order valence-electron chi connectivity index (χ1n) is 4.73. The second kappa shape index (κ2) is 4.41. The SMILES string of the molecule is CSc1ccc(-c2ccccc2O)cc1. The van der Waals surface area contributed by atoms with Crippen molar-refractivity contribution in [2.24, 2.45) is 0 Å². The summed E-state index contributed by atoms with van der Waals surface area (Å²) in [5, 5.41) is 9.69. The van der Waals surface area contributed by atoms with Gasteiger partial charge in [-0.2, -0.15) is 0 Å². The van der Waals surface area contributed by atoms with Crippen molar-refractivity contribution < 1.29 is 5.11 Å². The number of rotatable bonds is 2. The minimum Gasteiger partial charge on any atom is -0.507 e. The Bertz CT molecular complexity index is 448. The lowest BCUT2D eigenvalue weighted by atomic mass is 10.1. The Hall–Kier alpha value is -1.41. The molecule has 2 aromatic carbocycles. The summed E-state index contributed by atoms with van der Waals surface area (Å²) in [4.78, 5) is 1.23. The lowest BCUT2D eigenvalue weighted by Gasteiger charge is -2.04. The molecule has 0 aliphatic heterocycles. The van der Waals surface area contributed by atoms with Crippen LogP contribution in [0.15, 0.2) is 53.4 Å². The molecule has 0 saturated carbocycles. The topological polar surface area (TPSA) is 20.2 Å². The Labute approximate surface area is 93.8 Å². The Morgan fingerprint density at radius 1 is 0.933 bits per heavy atom. The van der Waals surface area contributed by atoms with E-state index in [1.807, 2.05) is 30.3 Å². The molecular formula is C13H12OS.